The SMILES string of the molecule is CCCCCCCCCO[C@H]1[C@@H]2OC3(CCCCC3)O[C@H]2O[C@H]1[C@@H]1COC2(CCCCC2)O1. The maximum Gasteiger partial charge on any atom is 0.190 e. The molecule has 3 heterocycles. The molecule has 0 N–H and O–H groups in total. The molecule has 2 spiro atoms. The molecule has 2 aliphatic carbocycles. The fourth-order valence-corrected chi connectivity index (χ4v) is 6.54. The van der Waals surface area contributed by atoms with Crippen LogP contribution < -0.4 is 0 Å². The molecule has 5 aliphatic rings. The Labute approximate surface area is 200 Å². The molecular weight excluding hydrogens is 420 g/mol. The molecule has 3 aliphatic heterocycles. The number of hydrogen-bond acceptors (Lipinski definition) is 6. The van der Waals surface area contributed by atoms with Crippen LogP contribution >= 0.6 is 0 Å². The van der Waals surface area contributed by atoms with E-state index in [1.54, 1.807) is 0 Å². The number of fused-ring (bicyclic) bond motifs is 1. The molecule has 0 amide bonds. The molecular formula is C27H46O6. The first-order valence-electron chi connectivity index (χ1n) is 14.2. The van der Waals surface area contributed by atoms with Crippen LogP contribution in [0.15, 0.2) is 0 Å². The Balaban J connectivity index is 1.17. The summed E-state index contributed by atoms with van der Waals surface area (Å²) in [7, 11) is 0. The van der Waals surface area contributed by atoms with Crippen LogP contribution in [-0.2, 0) is 28.4 Å². The van der Waals surface area contributed by atoms with Gasteiger partial charge in [-0.05, 0) is 32.1 Å². The van der Waals surface area contributed by atoms with Gasteiger partial charge in [0.05, 0.1) is 6.61 Å². The van der Waals surface area contributed by atoms with Gasteiger partial charge in [0.2, 0.25) is 0 Å². The fraction of sp³-hybridized carbons (Fsp3) is 1.00. The first kappa shape index (κ1) is 24.5. The summed E-state index contributed by atoms with van der Waals surface area (Å²) >= 11 is 0. The zero-order valence-corrected chi connectivity index (χ0v) is 20.8. The highest BCUT2D eigenvalue weighted by Crippen LogP contribution is 2.48. The van der Waals surface area contributed by atoms with Crippen molar-refractivity contribution in [3.05, 3.63) is 0 Å². The van der Waals surface area contributed by atoms with E-state index in [0.29, 0.717) is 6.61 Å². The molecule has 5 fully saturated rings. The van der Waals surface area contributed by atoms with Crippen molar-refractivity contribution >= 4 is 0 Å². The second kappa shape index (κ2) is 11.2. The Hall–Kier alpha value is -0.240. The third-order valence-electron chi connectivity index (χ3n) is 8.42. The molecule has 0 unspecified atom stereocenters. The maximum absolute atomic E-state index is 6.61. The Kier molecular flexibility index (Phi) is 8.31. The van der Waals surface area contributed by atoms with Crippen LogP contribution in [-0.4, -0.2) is 55.5 Å². The summed E-state index contributed by atoms with van der Waals surface area (Å²) in [6.07, 6.45) is 19.1. The second-order valence-electron chi connectivity index (χ2n) is 11.0. The summed E-state index contributed by atoms with van der Waals surface area (Å²) in [5, 5.41) is 0. The van der Waals surface area contributed by atoms with Gasteiger partial charge in [-0.15, -0.1) is 0 Å². The normalized spacial score (nSPS) is 37.2. The standard InChI is InChI=1S/C27H46O6/c1-2-3-4-5-6-7-14-19-28-23-22(21-20-29-26(31-21)15-10-8-11-16-26)30-25-24(23)32-27(33-25)17-12-9-13-18-27/h21-25H,2-20H2,1H3/t21-,22-,23+,24-,25+/m0/s1. The zero-order valence-electron chi connectivity index (χ0n) is 20.8. The minimum atomic E-state index is -0.461. The van der Waals surface area contributed by atoms with Crippen molar-refractivity contribution < 1.29 is 28.4 Å². The molecule has 0 aromatic heterocycles. The molecule has 6 heteroatoms. The van der Waals surface area contributed by atoms with Gasteiger partial charge < -0.3 is 28.4 Å². The largest absolute Gasteiger partial charge is 0.372 e. The van der Waals surface area contributed by atoms with Crippen LogP contribution in [0.5, 0.6) is 0 Å². The summed E-state index contributed by atoms with van der Waals surface area (Å²) in [6, 6.07) is 0. The fourth-order valence-electron chi connectivity index (χ4n) is 6.54. The van der Waals surface area contributed by atoms with Gasteiger partial charge in [0.15, 0.2) is 17.9 Å². The Bertz CT molecular complexity index is 599. The zero-order chi connectivity index (χ0) is 22.6. The van der Waals surface area contributed by atoms with Crippen molar-refractivity contribution in [2.45, 2.75) is 158 Å². The van der Waals surface area contributed by atoms with Crippen LogP contribution in [0, 0.1) is 0 Å². The molecule has 5 atom stereocenters. The van der Waals surface area contributed by atoms with Gasteiger partial charge in [0.1, 0.15) is 24.4 Å². The molecule has 3 saturated heterocycles. The van der Waals surface area contributed by atoms with Crippen molar-refractivity contribution in [2.24, 2.45) is 0 Å². The van der Waals surface area contributed by atoms with Crippen molar-refractivity contribution in [2.75, 3.05) is 13.2 Å². The van der Waals surface area contributed by atoms with E-state index in [1.807, 2.05) is 0 Å². The summed E-state index contributed by atoms with van der Waals surface area (Å²) in [5.74, 6) is -0.865. The monoisotopic (exact) mass is 466 g/mol. The highest BCUT2D eigenvalue weighted by Gasteiger charge is 2.61. The van der Waals surface area contributed by atoms with Gasteiger partial charge in [-0.1, -0.05) is 58.3 Å². The quantitative estimate of drug-likeness (QED) is 0.368. The lowest BCUT2D eigenvalue weighted by molar-refractivity contribution is -0.262. The van der Waals surface area contributed by atoms with E-state index in [2.05, 4.69) is 6.92 Å². The summed E-state index contributed by atoms with van der Waals surface area (Å²) in [5.41, 5.74) is 0. The Morgan fingerprint density at radius 1 is 0.697 bits per heavy atom. The summed E-state index contributed by atoms with van der Waals surface area (Å²) < 4.78 is 38.8. The van der Waals surface area contributed by atoms with Crippen LogP contribution in [0.3, 0.4) is 0 Å². The van der Waals surface area contributed by atoms with Gasteiger partial charge in [0, 0.05) is 32.3 Å². The Morgan fingerprint density at radius 2 is 1.36 bits per heavy atom. The average Bonchev–Trinajstić information content (AvgIpc) is 3.48. The van der Waals surface area contributed by atoms with Gasteiger partial charge in [-0.25, -0.2) is 0 Å². The van der Waals surface area contributed by atoms with Crippen molar-refractivity contribution in [1.82, 2.24) is 0 Å². The summed E-state index contributed by atoms with van der Waals surface area (Å²) in [4.78, 5) is 0. The summed E-state index contributed by atoms with van der Waals surface area (Å²) in [6.45, 7) is 3.59. The number of unbranched alkanes of at least 4 members (excludes halogenated alkanes) is 6. The lowest BCUT2D eigenvalue weighted by atomic mass is 9.94. The molecule has 5 rings (SSSR count). The van der Waals surface area contributed by atoms with Crippen LogP contribution in [0.4, 0.5) is 0 Å². The Morgan fingerprint density at radius 3 is 2.09 bits per heavy atom. The van der Waals surface area contributed by atoms with Crippen molar-refractivity contribution in [3.63, 3.8) is 0 Å². The number of ether oxygens (including phenoxy) is 6. The van der Waals surface area contributed by atoms with Gasteiger partial charge >= 0.3 is 0 Å². The lowest BCUT2D eigenvalue weighted by Gasteiger charge is -2.35. The molecule has 0 aromatic rings. The second-order valence-corrected chi connectivity index (χ2v) is 11.0. The third-order valence-corrected chi connectivity index (χ3v) is 8.42. The van der Waals surface area contributed by atoms with E-state index in [0.717, 1.165) is 51.6 Å². The van der Waals surface area contributed by atoms with Gasteiger partial charge in [-0.2, -0.15) is 0 Å². The van der Waals surface area contributed by atoms with E-state index in [-0.39, 0.29) is 30.7 Å². The van der Waals surface area contributed by atoms with Crippen molar-refractivity contribution in [3.8, 4) is 0 Å². The predicted molar refractivity (Wildman–Crippen MR) is 125 cm³/mol. The minimum absolute atomic E-state index is 0.109. The van der Waals surface area contributed by atoms with Gasteiger partial charge in [-0.3, -0.25) is 0 Å². The first-order chi connectivity index (χ1) is 16.2. The molecule has 2 saturated carbocycles. The smallest absolute Gasteiger partial charge is 0.190 e. The molecule has 33 heavy (non-hydrogen) atoms. The predicted octanol–water partition coefficient (Wildman–Crippen LogP) is 6.00. The van der Waals surface area contributed by atoms with Crippen LogP contribution in [0.2, 0.25) is 0 Å². The van der Waals surface area contributed by atoms with E-state index >= 15 is 0 Å². The highest BCUT2D eigenvalue weighted by atomic mass is 16.9. The van der Waals surface area contributed by atoms with Gasteiger partial charge in [0.25, 0.3) is 0 Å². The molecule has 0 bridgehead atoms. The molecule has 6 nitrogen and oxygen atoms in total. The third kappa shape index (κ3) is 5.62. The molecule has 0 aromatic carbocycles. The highest BCUT2D eigenvalue weighted by molar-refractivity contribution is 5.01. The maximum atomic E-state index is 6.61. The van der Waals surface area contributed by atoms with E-state index in [1.165, 1.54) is 64.2 Å². The number of hydrogen-bond donors (Lipinski definition) is 0. The molecule has 190 valence electrons. The van der Waals surface area contributed by atoms with E-state index in [9.17, 15) is 0 Å². The van der Waals surface area contributed by atoms with Crippen LogP contribution in [0.1, 0.15) is 116 Å². The molecule has 0 radical (unpaired) electrons. The number of rotatable bonds is 10. The average molecular weight is 467 g/mol. The van der Waals surface area contributed by atoms with E-state index in [4.69, 9.17) is 28.4 Å². The van der Waals surface area contributed by atoms with Crippen LogP contribution in [0.25, 0.3) is 0 Å². The lowest BCUT2D eigenvalue weighted by Crippen LogP contribution is -2.46. The van der Waals surface area contributed by atoms with E-state index < -0.39 is 11.6 Å². The topological polar surface area (TPSA) is 55.4 Å². The van der Waals surface area contributed by atoms with Crippen molar-refractivity contribution in [1.29, 1.82) is 0 Å². The minimum Gasteiger partial charge on any atom is -0.372 e. The first-order valence-corrected chi connectivity index (χ1v) is 14.2.